The van der Waals surface area contributed by atoms with Crippen LogP contribution in [0.3, 0.4) is 0 Å². The molecule has 3 aromatic heterocycles. The van der Waals surface area contributed by atoms with E-state index < -0.39 is 0 Å². The number of nitrogens with zero attached hydrogens (tertiary/aromatic N) is 1. The molecule has 0 bridgehead atoms. The molecule has 4 heteroatoms. The van der Waals surface area contributed by atoms with Crippen molar-refractivity contribution in [2.75, 3.05) is 4.90 Å². The summed E-state index contributed by atoms with van der Waals surface area (Å²) in [4.78, 5) is 2.35. The Labute approximate surface area is 351 Å². The van der Waals surface area contributed by atoms with Crippen LogP contribution in [-0.4, -0.2) is 0 Å². The molecule has 0 N–H and O–H groups in total. The summed E-state index contributed by atoms with van der Waals surface area (Å²) >= 11 is 0. The Kier molecular flexibility index (Phi) is 7.04. The molecular formula is C57H37NO3. The first kappa shape index (κ1) is 34.1. The highest BCUT2D eigenvalue weighted by molar-refractivity contribution is 6.24. The van der Waals surface area contributed by atoms with E-state index >= 15 is 0 Å². The number of fused-ring (bicyclic) bond motifs is 12. The fourth-order valence-electron chi connectivity index (χ4n) is 10.2. The van der Waals surface area contributed by atoms with E-state index in [1.807, 2.05) is 18.2 Å². The second kappa shape index (κ2) is 12.6. The minimum absolute atomic E-state index is 0.149. The monoisotopic (exact) mass is 783 g/mol. The van der Waals surface area contributed by atoms with Crippen molar-refractivity contribution in [2.24, 2.45) is 0 Å². The van der Waals surface area contributed by atoms with Gasteiger partial charge in [0.25, 0.3) is 0 Å². The van der Waals surface area contributed by atoms with Gasteiger partial charge < -0.3 is 18.2 Å². The molecule has 9 aromatic carbocycles. The van der Waals surface area contributed by atoms with Gasteiger partial charge in [0.1, 0.15) is 27.9 Å². The van der Waals surface area contributed by atoms with Crippen molar-refractivity contribution >= 4 is 82.9 Å². The standard InChI is InChI=1S/C57H37NO3/c1-57(2)46-22-9-6-16-39(46)40-31-30-37(32-47(40)57)58(48-23-13-21-42-41-17-7-10-24-49(41)60-55(42)48)36-28-26-34(27-29-36)38-19-12-20-43-45-33-51-53(44-18-8-11-25-50(44)59-51)52(56(45)61-54(38)43)35-14-4-3-5-15-35/h3-33H,1-2H3. The van der Waals surface area contributed by atoms with E-state index in [2.05, 4.69) is 189 Å². The van der Waals surface area contributed by atoms with Crippen LogP contribution in [0.25, 0.3) is 99.2 Å². The summed E-state index contributed by atoms with van der Waals surface area (Å²) in [6.45, 7) is 4.67. The zero-order valence-corrected chi connectivity index (χ0v) is 33.6. The molecular weight excluding hydrogens is 747 g/mol. The summed E-state index contributed by atoms with van der Waals surface area (Å²) in [6.07, 6.45) is 0. The Morgan fingerprint density at radius 1 is 0.377 bits per heavy atom. The normalized spacial score (nSPS) is 13.2. The zero-order chi connectivity index (χ0) is 40.4. The van der Waals surface area contributed by atoms with Crippen LogP contribution in [0.2, 0.25) is 0 Å². The average molecular weight is 784 g/mol. The molecule has 3 heterocycles. The lowest BCUT2D eigenvalue weighted by molar-refractivity contribution is 0.660. The van der Waals surface area contributed by atoms with Gasteiger partial charge in [-0.15, -0.1) is 0 Å². The minimum Gasteiger partial charge on any atom is -0.456 e. The molecule has 1 aliphatic carbocycles. The molecule has 0 unspecified atom stereocenters. The molecule has 1 aliphatic rings. The van der Waals surface area contributed by atoms with E-state index in [9.17, 15) is 0 Å². The third-order valence-electron chi connectivity index (χ3n) is 13.1. The number of furan rings is 3. The summed E-state index contributed by atoms with van der Waals surface area (Å²) in [6, 6.07) is 66.8. The molecule has 0 saturated carbocycles. The van der Waals surface area contributed by atoms with Crippen molar-refractivity contribution < 1.29 is 13.3 Å². The fourth-order valence-corrected chi connectivity index (χ4v) is 10.2. The summed E-state index contributed by atoms with van der Waals surface area (Å²) in [5.74, 6) is 0. The smallest absolute Gasteiger partial charge is 0.159 e. The largest absolute Gasteiger partial charge is 0.456 e. The van der Waals surface area contributed by atoms with E-state index in [0.717, 1.165) is 105 Å². The first-order chi connectivity index (χ1) is 30.0. The molecule has 61 heavy (non-hydrogen) atoms. The van der Waals surface area contributed by atoms with Gasteiger partial charge in [0.15, 0.2) is 5.58 Å². The fraction of sp³-hybridized carbons (Fsp3) is 0.0526. The zero-order valence-electron chi connectivity index (χ0n) is 33.6. The Morgan fingerprint density at radius 2 is 1.02 bits per heavy atom. The summed E-state index contributed by atoms with van der Waals surface area (Å²) < 4.78 is 20.3. The lowest BCUT2D eigenvalue weighted by Gasteiger charge is -2.28. The van der Waals surface area contributed by atoms with Gasteiger partial charge in [-0.2, -0.15) is 0 Å². The first-order valence-corrected chi connectivity index (χ1v) is 20.9. The van der Waals surface area contributed by atoms with Crippen LogP contribution >= 0.6 is 0 Å². The van der Waals surface area contributed by atoms with Crippen LogP contribution in [-0.2, 0) is 5.41 Å². The molecule has 0 radical (unpaired) electrons. The summed E-state index contributed by atoms with van der Waals surface area (Å²) in [5, 5.41) is 6.43. The van der Waals surface area contributed by atoms with E-state index in [-0.39, 0.29) is 5.41 Å². The van der Waals surface area contributed by atoms with E-state index in [4.69, 9.17) is 13.3 Å². The second-order valence-electron chi connectivity index (χ2n) is 16.8. The summed E-state index contributed by atoms with van der Waals surface area (Å²) in [5.41, 5.74) is 17.6. The number of para-hydroxylation sites is 4. The van der Waals surface area contributed by atoms with Crippen LogP contribution in [0.5, 0.6) is 0 Å². The van der Waals surface area contributed by atoms with Crippen LogP contribution in [0.15, 0.2) is 201 Å². The highest BCUT2D eigenvalue weighted by Gasteiger charge is 2.36. The lowest BCUT2D eigenvalue weighted by atomic mass is 9.82. The average Bonchev–Trinajstić information content (AvgIpc) is 4.05. The maximum absolute atomic E-state index is 7.07. The molecule has 0 fully saturated rings. The Balaban J connectivity index is 0.993. The van der Waals surface area contributed by atoms with Gasteiger partial charge >= 0.3 is 0 Å². The van der Waals surface area contributed by atoms with Crippen molar-refractivity contribution in [3.8, 4) is 33.4 Å². The minimum atomic E-state index is -0.149. The van der Waals surface area contributed by atoms with Crippen molar-refractivity contribution in [2.45, 2.75) is 19.3 Å². The van der Waals surface area contributed by atoms with Gasteiger partial charge in [-0.3, -0.25) is 0 Å². The molecule has 0 aliphatic heterocycles. The SMILES string of the molecule is CC1(C)c2ccccc2-c2ccc(N(c3ccc(-c4cccc5c4oc4c(-c6ccccc6)c6c(cc45)oc4ccccc46)cc3)c3cccc4c3oc3ccccc34)cc21. The number of hydrogen-bond donors (Lipinski definition) is 0. The van der Waals surface area contributed by atoms with Crippen LogP contribution < -0.4 is 4.90 Å². The number of rotatable bonds is 5. The molecule has 13 rings (SSSR count). The van der Waals surface area contributed by atoms with Gasteiger partial charge in [-0.25, -0.2) is 0 Å². The van der Waals surface area contributed by atoms with Crippen LogP contribution in [0.1, 0.15) is 25.0 Å². The van der Waals surface area contributed by atoms with E-state index in [1.54, 1.807) is 0 Å². The first-order valence-electron chi connectivity index (χ1n) is 20.9. The van der Waals surface area contributed by atoms with E-state index in [0.29, 0.717) is 0 Å². The van der Waals surface area contributed by atoms with Gasteiger partial charge in [0, 0.05) is 60.2 Å². The molecule has 12 aromatic rings. The molecule has 0 spiro atoms. The maximum atomic E-state index is 7.07. The molecule has 0 amide bonds. The van der Waals surface area contributed by atoms with Gasteiger partial charge in [0.05, 0.1) is 5.69 Å². The number of hydrogen-bond acceptors (Lipinski definition) is 4. The molecule has 4 nitrogen and oxygen atoms in total. The van der Waals surface area contributed by atoms with Crippen LogP contribution in [0.4, 0.5) is 17.1 Å². The highest BCUT2D eigenvalue weighted by Crippen LogP contribution is 2.52. The predicted molar refractivity (Wildman–Crippen MR) is 251 cm³/mol. The van der Waals surface area contributed by atoms with Gasteiger partial charge in [0.2, 0.25) is 0 Å². The third-order valence-corrected chi connectivity index (χ3v) is 13.1. The third kappa shape index (κ3) is 4.87. The Morgan fingerprint density at radius 3 is 1.85 bits per heavy atom. The molecule has 0 saturated heterocycles. The number of anilines is 3. The molecule has 288 valence electrons. The Hall–Kier alpha value is -7.82. The topological polar surface area (TPSA) is 42.7 Å². The van der Waals surface area contributed by atoms with Gasteiger partial charge in [-0.1, -0.05) is 153 Å². The quantitative estimate of drug-likeness (QED) is 0.174. The molecule has 0 atom stereocenters. The van der Waals surface area contributed by atoms with Crippen molar-refractivity contribution in [3.63, 3.8) is 0 Å². The van der Waals surface area contributed by atoms with Crippen molar-refractivity contribution in [3.05, 3.63) is 199 Å². The van der Waals surface area contributed by atoms with Gasteiger partial charge in [-0.05, 0) is 81.9 Å². The maximum Gasteiger partial charge on any atom is 0.159 e. The lowest BCUT2D eigenvalue weighted by Crippen LogP contribution is -2.16. The highest BCUT2D eigenvalue weighted by atomic mass is 16.3. The van der Waals surface area contributed by atoms with E-state index in [1.165, 1.54) is 22.3 Å². The predicted octanol–water partition coefficient (Wildman–Crippen LogP) is 16.5. The number of benzene rings is 9. The second-order valence-corrected chi connectivity index (χ2v) is 16.8. The summed E-state index contributed by atoms with van der Waals surface area (Å²) in [7, 11) is 0. The van der Waals surface area contributed by atoms with Crippen LogP contribution in [0, 0.1) is 0 Å². The Bertz CT molecular complexity index is 3730. The van der Waals surface area contributed by atoms with Crippen molar-refractivity contribution in [1.29, 1.82) is 0 Å². The van der Waals surface area contributed by atoms with Crippen molar-refractivity contribution in [1.82, 2.24) is 0 Å².